The molecule has 0 aliphatic heterocycles. The van der Waals surface area contributed by atoms with Crippen LogP contribution < -0.4 is 5.32 Å². The van der Waals surface area contributed by atoms with Crippen molar-refractivity contribution in [3.05, 3.63) is 0 Å². The largest absolute Gasteiger partial charge is 0.272 e. The number of nitrogens with one attached hydrogen (secondary N) is 1. The Morgan fingerprint density at radius 1 is 1.75 bits per heavy atom. The van der Waals surface area contributed by atoms with Gasteiger partial charge in [0.05, 0.1) is 0 Å². The van der Waals surface area contributed by atoms with E-state index >= 15 is 0 Å². The highest BCUT2D eigenvalue weighted by Crippen LogP contribution is 2.45. The summed E-state index contributed by atoms with van der Waals surface area (Å²) < 4.78 is 0. The van der Waals surface area contributed by atoms with Gasteiger partial charge in [-0.1, -0.05) is 18.7 Å². The van der Waals surface area contributed by atoms with Gasteiger partial charge in [-0.3, -0.25) is 10.3 Å². The molecule has 1 aliphatic carbocycles. The van der Waals surface area contributed by atoms with Crippen molar-refractivity contribution in [3.8, 4) is 6.19 Å². The van der Waals surface area contributed by atoms with Crippen molar-refractivity contribution in [1.82, 2.24) is 5.32 Å². The normalized spacial score (nSPS) is 19.9. The minimum atomic E-state index is 0.429. The molecule has 12 heavy (non-hydrogen) atoms. The van der Waals surface area contributed by atoms with Gasteiger partial charge < -0.3 is 0 Å². The molecular formula is C8H13N3S. The molecule has 0 bridgehead atoms. The van der Waals surface area contributed by atoms with Gasteiger partial charge in [-0.25, -0.2) is 0 Å². The molecule has 0 atom stereocenters. The van der Waals surface area contributed by atoms with E-state index in [1.54, 1.807) is 0 Å². The second kappa shape index (κ2) is 3.81. The van der Waals surface area contributed by atoms with Crippen LogP contribution in [0.3, 0.4) is 0 Å². The first kappa shape index (κ1) is 9.40. The Morgan fingerprint density at radius 2 is 2.42 bits per heavy atom. The zero-order valence-corrected chi connectivity index (χ0v) is 8.24. The predicted molar refractivity (Wildman–Crippen MR) is 51.9 cm³/mol. The van der Waals surface area contributed by atoms with E-state index in [9.17, 15) is 0 Å². The summed E-state index contributed by atoms with van der Waals surface area (Å²) in [5.74, 6) is 0. The SMILES string of the molecule is CSC(=NCC1(C)CC1)NC#N. The molecule has 0 amide bonds. The standard InChI is InChI=1S/C8H13N3S/c1-8(3-4-8)5-10-7(12-2)11-6-9/h3-5H2,1-2H3,(H,10,11). The van der Waals surface area contributed by atoms with Crippen molar-refractivity contribution in [2.45, 2.75) is 19.8 Å². The number of aliphatic imine (C=N–C) groups is 1. The van der Waals surface area contributed by atoms with Gasteiger partial charge in [0.1, 0.15) is 0 Å². The highest BCUT2D eigenvalue weighted by molar-refractivity contribution is 8.13. The average Bonchev–Trinajstić information content (AvgIpc) is 2.78. The summed E-state index contributed by atoms with van der Waals surface area (Å²) in [6.07, 6.45) is 6.33. The maximum absolute atomic E-state index is 8.36. The molecule has 0 radical (unpaired) electrons. The Hall–Kier alpha value is -0.690. The van der Waals surface area contributed by atoms with E-state index in [0.29, 0.717) is 5.41 Å². The quantitative estimate of drug-likeness (QED) is 0.306. The van der Waals surface area contributed by atoms with Crippen LogP contribution in [-0.4, -0.2) is 18.0 Å². The molecule has 0 aromatic rings. The molecule has 1 rings (SSSR count). The number of nitriles is 1. The summed E-state index contributed by atoms with van der Waals surface area (Å²) in [5.41, 5.74) is 0.429. The van der Waals surface area contributed by atoms with Crippen molar-refractivity contribution < 1.29 is 0 Å². The molecule has 0 saturated heterocycles. The molecular weight excluding hydrogens is 170 g/mol. The van der Waals surface area contributed by atoms with E-state index < -0.39 is 0 Å². The molecule has 0 aromatic carbocycles. The molecule has 66 valence electrons. The van der Waals surface area contributed by atoms with E-state index in [1.807, 2.05) is 12.4 Å². The van der Waals surface area contributed by atoms with Gasteiger partial charge in [0.15, 0.2) is 11.4 Å². The summed E-state index contributed by atoms with van der Waals surface area (Å²) >= 11 is 1.48. The van der Waals surface area contributed by atoms with Crippen LogP contribution in [0.25, 0.3) is 0 Å². The van der Waals surface area contributed by atoms with Crippen LogP contribution in [0, 0.1) is 16.9 Å². The Kier molecular flexibility index (Phi) is 2.99. The smallest absolute Gasteiger partial charge is 0.183 e. The van der Waals surface area contributed by atoms with E-state index in [2.05, 4.69) is 17.2 Å². The molecule has 1 N–H and O–H groups in total. The Bertz CT molecular complexity index is 225. The Labute approximate surface area is 77.2 Å². The first-order valence-corrected chi connectivity index (χ1v) is 5.16. The molecule has 4 heteroatoms. The van der Waals surface area contributed by atoms with Crippen LogP contribution >= 0.6 is 11.8 Å². The first-order chi connectivity index (χ1) is 5.70. The zero-order valence-electron chi connectivity index (χ0n) is 7.42. The third-order valence-electron chi connectivity index (χ3n) is 2.06. The predicted octanol–water partition coefficient (Wildman–Crippen LogP) is 1.58. The molecule has 0 spiro atoms. The summed E-state index contributed by atoms with van der Waals surface area (Å²) in [7, 11) is 0. The summed E-state index contributed by atoms with van der Waals surface area (Å²) in [6.45, 7) is 3.07. The number of nitrogens with zero attached hydrogens (tertiary/aromatic N) is 2. The number of amidine groups is 1. The highest BCUT2D eigenvalue weighted by Gasteiger charge is 2.36. The minimum Gasteiger partial charge on any atom is -0.272 e. The molecule has 1 saturated carbocycles. The van der Waals surface area contributed by atoms with Crippen molar-refractivity contribution in [1.29, 1.82) is 5.26 Å². The van der Waals surface area contributed by atoms with Crippen LogP contribution in [0.2, 0.25) is 0 Å². The van der Waals surface area contributed by atoms with Crippen LogP contribution in [-0.2, 0) is 0 Å². The summed E-state index contributed by atoms with van der Waals surface area (Å²) in [4.78, 5) is 4.31. The summed E-state index contributed by atoms with van der Waals surface area (Å²) in [6, 6.07) is 0. The third-order valence-corrected chi connectivity index (χ3v) is 2.68. The number of thioether (sulfide) groups is 1. The molecule has 3 nitrogen and oxygen atoms in total. The van der Waals surface area contributed by atoms with E-state index in [1.165, 1.54) is 24.6 Å². The number of hydrogen-bond acceptors (Lipinski definition) is 3. The van der Waals surface area contributed by atoms with Gasteiger partial charge in [0, 0.05) is 6.54 Å². The summed E-state index contributed by atoms with van der Waals surface area (Å²) in [5, 5.41) is 11.6. The van der Waals surface area contributed by atoms with Crippen LogP contribution in [0.15, 0.2) is 4.99 Å². The molecule has 0 aromatic heterocycles. The van der Waals surface area contributed by atoms with Crippen LogP contribution in [0.5, 0.6) is 0 Å². The maximum atomic E-state index is 8.36. The van der Waals surface area contributed by atoms with Gasteiger partial charge >= 0.3 is 0 Å². The Balaban J connectivity index is 2.37. The third kappa shape index (κ3) is 2.74. The highest BCUT2D eigenvalue weighted by atomic mass is 32.2. The number of rotatable bonds is 2. The lowest BCUT2D eigenvalue weighted by atomic mass is 10.1. The van der Waals surface area contributed by atoms with E-state index in [0.717, 1.165) is 11.7 Å². The topological polar surface area (TPSA) is 48.2 Å². The lowest BCUT2D eigenvalue weighted by molar-refractivity contribution is 0.590. The second-order valence-electron chi connectivity index (χ2n) is 3.37. The fourth-order valence-corrected chi connectivity index (χ4v) is 1.18. The second-order valence-corrected chi connectivity index (χ2v) is 4.17. The minimum absolute atomic E-state index is 0.429. The van der Waals surface area contributed by atoms with Crippen LogP contribution in [0.1, 0.15) is 19.8 Å². The molecule has 0 unspecified atom stereocenters. The van der Waals surface area contributed by atoms with Gasteiger partial charge in [-0.05, 0) is 24.5 Å². The van der Waals surface area contributed by atoms with Crippen molar-refractivity contribution in [2.24, 2.45) is 10.4 Å². The number of hydrogen-bond donors (Lipinski definition) is 1. The van der Waals surface area contributed by atoms with Gasteiger partial charge in [-0.15, -0.1) is 0 Å². The Morgan fingerprint density at radius 3 is 2.83 bits per heavy atom. The van der Waals surface area contributed by atoms with Crippen molar-refractivity contribution in [2.75, 3.05) is 12.8 Å². The van der Waals surface area contributed by atoms with Gasteiger partial charge in [-0.2, -0.15) is 5.26 Å². The van der Waals surface area contributed by atoms with Gasteiger partial charge in [0.2, 0.25) is 0 Å². The van der Waals surface area contributed by atoms with Crippen molar-refractivity contribution in [3.63, 3.8) is 0 Å². The molecule has 1 fully saturated rings. The zero-order chi connectivity index (χ0) is 9.03. The monoisotopic (exact) mass is 183 g/mol. The average molecular weight is 183 g/mol. The lowest BCUT2D eigenvalue weighted by Gasteiger charge is -2.04. The van der Waals surface area contributed by atoms with Crippen LogP contribution in [0.4, 0.5) is 0 Å². The lowest BCUT2D eigenvalue weighted by Crippen LogP contribution is -2.15. The molecule has 1 aliphatic rings. The van der Waals surface area contributed by atoms with Crippen molar-refractivity contribution >= 4 is 16.9 Å². The van der Waals surface area contributed by atoms with E-state index in [4.69, 9.17) is 5.26 Å². The van der Waals surface area contributed by atoms with Gasteiger partial charge in [0.25, 0.3) is 0 Å². The fraction of sp³-hybridized carbons (Fsp3) is 0.750. The first-order valence-electron chi connectivity index (χ1n) is 3.94. The fourth-order valence-electron chi connectivity index (χ4n) is 0.837. The molecule has 0 heterocycles. The van der Waals surface area contributed by atoms with E-state index in [-0.39, 0.29) is 0 Å². The maximum Gasteiger partial charge on any atom is 0.183 e.